The zero-order chi connectivity index (χ0) is 22.7. The lowest BCUT2D eigenvalue weighted by Crippen LogP contribution is -2.43. The van der Waals surface area contributed by atoms with Crippen LogP contribution in [-0.2, 0) is 18.4 Å². The number of aryl methyl sites for hydroxylation is 2. The predicted molar refractivity (Wildman–Crippen MR) is 123 cm³/mol. The number of hydrogen-bond donors (Lipinski definition) is 1. The quantitative estimate of drug-likeness (QED) is 0.602. The molecule has 0 atom stereocenters. The Balaban J connectivity index is 1.56. The molecule has 8 heteroatoms. The van der Waals surface area contributed by atoms with E-state index in [1.54, 1.807) is 7.05 Å². The molecule has 0 bridgehead atoms. The molecule has 2 aromatic heterocycles. The number of rotatable bonds is 6. The van der Waals surface area contributed by atoms with Crippen LogP contribution < -0.4 is 16.6 Å². The molecule has 32 heavy (non-hydrogen) atoms. The van der Waals surface area contributed by atoms with Crippen LogP contribution in [0.15, 0.2) is 51.7 Å². The van der Waals surface area contributed by atoms with Crippen LogP contribution in [0.4, 0.5) is 0 Å². The highest BCUT2D eigenvalue weighted by Crippen LogP contribution is 2.19. The Morgan fingerprint density at radius 3 is 2.66 bits per heavy atom. The SMILES string of the molecule is Cc1ccc(-c2ncc3c(=O)n(CC(=O)NCCC4=CCCCC4)c(=O)n(C)c3n2)cc1. The van der Waals surface area contributed by atoms with E-state index in [1.165, 1.54) is 29.2 Å². The normalized spacial score (nSPS) is 13.8. The van der Waals surface area contributed by atoms with E-state index in [9.17, 15) is 14.4 Å². The topological polar surface area (TPSA) is 98.9 Å². The Morgan fingerprint density at radius 1 is 1.16 bits per heavy atom. The van der Waals surface area contributed by atoms with Gasteiger partial charge >= 0.3 is 5.69 Å². The fraction of sp³-hybridized carbons (Fsp3) is 0.375. The van der Waals surface area contributed by atoms with Gasteiger partial charge in [0.1, 0.15) is 11.9 Å². The lowest BCUT2D eigenvalue weighted by atomic mass is 9.97. The van der Waals surface area contributed by atoms with Crippen LogP contribution in [0.2, 0.25) is 0 Å². The van der Waals surface area contributed by atoms with Crippen LogP contribution in [0.3, 0.4) is 0 Å². The van der Waals surface area contributed by atoms with E-state index in [4.69, 9.17) is 0 Å². The van der Waals surface area contributed by atoms with Crippen molar-refractivity contribution in [1.29, 1.82) is 0 Å². The molecule has 0 saturated heterocycles. The van der Waals surface area contributed by atoms with Gasteiger partial charge in [-0.25, -0.2) is 14.8 Å². The summed E-state index contributed by atoms with van der Waals surface area (Å²) >= 11 is 0. The second kappa shape index (κ2) is 9.30. The van der Waals surface area contributed by atoms with Crippen molar-refractivity contribution in [3.8, 4) is 11.4 Å². The minimum atomic E-state index is -0.582. The molecule has 1 aliphatic rings. The number of nitrogens with zero attached hydrogens (tertiary/aromatic N) is 4. The standard InChI is InChI=1S/C24H27N5O3/c1-16-8-10-18(11-9-16)21-26-14-19-22(27-21)28(2)24(32)29(23(19)31)15-20(30)25-13-12-17-6-4-3-5-7-17/h6,8-11,14H,3-5,7,12-13,15H2,1-2H3,(H,25,30). The largest absolute Gasteiger partial charge is 0.354 e. The van der Waals surface area contributed by atoms with Gasteiger partial charge in [-0.3, -0.25) is 18.7 Å². The van der Waals surface area contributed by atoms with Gasteiger partial charge in [-0.05, 0) is 39.0 Å². The van der Waals surface area contributed by atoms with Crippen LogP contribution in [0.25, 0.3) is 22.4 Å². The average Bonchev–Trinajstić information content (AvgIpc) is 2.81. The number of fused-ring (bicyclic) bond motifs is 1. The summed E-state index contributed by atoms with van der Waals surface area (Å²) in [5, 5.41) is 3.01. The minimum absolute atomic E-state index is 0.197. The third-order valence-corrected chi connectivity index (χ3v) is 5.84. The van der Waals surface area contributed by atoms with Crippen molar-refractivity contribution in [3.05, 3.63) is 68.5 Å². The molecular formula is C24H27N5O3. The Kier molecular flexibility index (Phi) is 6.30. The van der Waals surface area contributed by atoms with E-state index < -0.39 is 11.2 Å². The Labute approximate surface area is 185 Å². The zero-order valence-electron chi connectivity index (χ0n) is 18.4. The molecule has 1 N–H and O–H groups in total. The van der Waals surface area contributed by atoms with Gasteiger partial charge in [0.15, 0.2) is 11.5 Å². The monoisotopic (exact) mass is 433 g/mol. The second-order valence-corrected chi connectivity index (χ2v) is 8.24. The molecule has 0 saturated carbocycles. The first-order valence-electron chi connectivity index (χ1n) is 10.9. The van der Waals surface area contributed by atoms with Crippen molar-refractivity contribution in [2.45, 2.75) is 45.6 Å². The minimum Gasteiger partial charge on any atom is -0.354 e. The Bertz CT molecular complexity index is 1300. The molecule has 1 aliphatic carbocycles. The summed E-state index contributed by atoms with van der Waals surface area (Å²) < 4.78 is 2.22. The molecule has 1 amide bonds. The smallest absolute Gasteiger partial charge is 0.332 e. The number of aromatic nitrogens is 4. The van der Waals surface area contributed by atoms with E-state index in [2.05, 4.69) is 21.4 Å². The van der Waals surface area contributed by atoms with Gasteiger partial charge in [0.05, 0.1) is 0 Å². The summed E-state index contributed by atoms with van der Waals surface area (Å²) in [5.74, 6) is 0.0663. The molecular weight excluding hydrogens is 406 g/mol. The maximum absolute atomic E-state index is 12.9. The van der Waals surface area contributed by atoms with Crippen LogP contribution in [0, 0.1) is 6.92 Å². The van der Waals surface area contributed by atoms with Gasteiger partial charge in [-0.2, -0.15) is 0 Å². The van der Waals surface area contributed by atoms with Gasteiger partial charge in [-0.1, -0.05) is 41.5 Å². The van der Waals surface area contributed by atoms with Crippen LogP contribution in [0.5, 0.6) is 0 Å². The summed E-state index contributed by atoms with van der Waals surface area (Å²) in [6, 6.07) is 7.68. The van der Waals surface area contributed by atoms with E-state index in [0.717, 1.165) is 35.0 Å². The van der Waals surface area contributed by atoms with Gasteiger partial charge in [0.2, 0.25) is 5.91 Å². The van der Waals surface area contributed by atoms with Gasteiger partial charge < -0.3 is 5.32 Å². The van der Waals surface area contributed by atoms with Crippen LogP contribution in [-0.4, -0.2) is 31.6 Å². The number of carbonyl (C=O) groups is 1. The highest BCUT2D eigenvalue weighted by Gasteiger charge is 2.16. The molecule has 0 radical (unpaired) electrons. The van der Waals surface area contributed by atoms with Gasteiger partial charge in [0, 0.05) is 25.4 Å². The van der Waals surface area contributed by atoms with Crippen molar-refractivity contribution < 1.29 is 4.79 Å². The molecule has 1 aromatic carbocycles. The third kappa shape index (κ3) is 4.54. The number of hydrogen-bond acceptors (Lipinski definition) is 5. The molecule has 3 aromatic rings. The van der Waals surface area contributed by atoms with Crippen LogP contribution >= 0.6 is 0 Å². The summed E-state index contributed by atoms with van der Waals surface area (Å²) in [6.07, 6.45) is 9.04. The molecule has 166 valence electrons. The summed E-state index contributed by atoms with van der Waals surface area (Å²) in [4.78, 5) is 46.9. The van der Waals surface area contributed by atoms with Crippen molar-refractivity contribution in [2.24, 2.45) is 7.05 Å². The van der Waals surface area contributed by atoms with Gasteiger partial charge in [-0.15, -0.1) is 0 Å². The molecule has 0 unspecified atom stereocenters. The molecule has 0 spiro atoms. The first kappa shape index (κ1) is 21.7. The molecule has 4 rings (SSSR count). The molecule has 0 aliphatic heterocycles. The number of amides is 1. The summed E-state index contributed by atoms with van der Waals surface area (Å²) in [7, 11) is 1.54. The van der Waals surface area contributed by atoms with Crippen molar-refractivity contribution in [3.63, 3.8) is 0 Å². The Hall–Kier alpha value is -3.55. The maximum Gasteiger partial charge on any atom is 0.332 e. The van der Waals surface area contributed by atoms with Gasteiger partial charge in [0.25, 0.3) is 5.56 Å². The number of nitrogens with one attached hydrogen (secondary N) is 1. The number of benzene rings is 1. The third-order valence-electron chi connectivity index (χ3n) is 5.84. The first-order chi connectivity index (χ1) is 15.4. The first-order valence-corrected chi connectivity index (χ1v) is 10.9. The molecule has 0 fully saturated rings. The van der Waals surface area contributed by atoms with E-state index >= 15 is 0 Å². The van der Waals surface area contributed by atoms with Crippen molar-refractivity contribution in [2.75, 3.05) is 6.54 Å². The van der Waals surface area contributed by atoms with E-state index in [-0.39, 0.29) is 23.5 Å². The van der Waals surface area contributed by atoms with E-state index in [0.29, 0.717) is 12.4 Å². The predicted octanol–water partition coefficient (Wildman–Crippen LogP) is 2.47. The second-order valence-electron chi connectivity index (χ2n) is 8.24. The van der Waals surface area contributed by atoms with Crippen molar-refractivity contribution in [1.82, 2.24) is 24.4 Å². The average molecular weight is 434 g/mol. The van der Waals surface area contributed by atoms with Crippen molar-refractivity contribution >= 4 is 16.9 Å². The number of allylic oxidation sites excluding steroid dienone is 1. The Morgan fingerprint density at radius 2 is 1.94 bits per heavy atom. The fourth-order valence-electron chi connectivity index (χ4n) is 3.96. The zero-order valence-corrected chi connectivity index (χ0v) is 18.4. The lowest BCUT2D eigenvalue weighted by Gasteiger charge is -2.13. The van der Waals surface area contributed by atoms with Crippen LogP contribution in [0.1, 0.15) is 37.7 Å². The molecule has 8 nitrogen and oxygen atoms in total. The molecule has 2 heterocycles. The fourth-order valence-corrected chi connectivity index (χ4v) is 3.96. The highest BCUT2D eigenvalue weighted by atomic mass is 16.2. The summed E-state index contributed by atoms with van der Waals surface area (Å²) in [5.41, 5.74) is 2.35. The summed E-state index contributed by atoms with van der Waals surface area (Å²) in [6.45, 7) is 2.15. The highest BCUT2D eigenvalue weighted by molar-refractivity contribution is 5.78. The maximum atomic E-state index is 12.9. The van der Waals surface area contributed by atoms with E-state index in [1.807, 2.05) is 31.2 Å². The lowest BCUT2D eigenvalue weighted by molar-refractivity contribution is -0.121. The number of carbonyl (C=O) groups excluding carboxylic acids is 1.